The summed E-state index contributed by atoms with van der Waals surface area (Å²) in [6, 6.07) is 11.4. The number of hydrogen-bond donors (Lipinski definition) is 1. The molecule has 2 aromatic carbocycles. The minimum atomic E-state index is -0.412. The Morgan fingerprint density at radius 2 is 1.79 bits per heavy atom. The first-order valence-corrected chi connectivity index (χ1v) is 10.0. The molecule has 5 nitrogen and oxygen atoms in total. The Morgan fingerprint density at radius 1 is 1.07 bits per heavy atom. The summed E-state index contributed by atoms with van der Waals surface area (Å²) in [6.07, 6.45) is 3.19. The van der Waals surface area contributed by atoms with E-state index in [1.54, 1.807) is 42.5 Å². The Kier molecular flexibility index (Phi) is 5.19. The minimum Gasteiger partial charge on any atom is -0.321 e. The molecule has 1 fully saturated rings. The first-order valence-electron chi connectivity index (χ1n) is 9.25. The van der Waals surface area contributed by atoms with Crippen molar-refractivity contribution in [2.75, 3.05) is 10.2 Å². The van der Waals surface area contributed by atoms with E-state index >= 15 is 0 Å². The van der Waals surface area contributed by atoms with Crippen LogP contribution in [-0.4, -0.2) is 17.7 Å². The van der Waals surface area contributed by atoms with Crippen molar-refractivity contribution in [1.29, 1.82) is 0 Å². The van der Waals surface area contributed by atoms with Crippen LogP contribution < -0.4 is 10.2 Å². The number of rotatable bonds is 3. The van der Waals surface area contributed by atoms with Gasteiger partial charge in [0.1, 0.15) is 0 Å². The van der Waals surface area contributed by atoms with Gasteiger partial charge in [0.25, 0.3) is 5.91 Å². The molecular formula is C22H18Cl2N2O3. The third-order valence-corrected chi connectivity index (χ3v) is 6.21. The Hall–Kier alpha value is -2.63. The number of allylic oxidation sites excluding steroid dienone is 2. The molecule has 1 aliphatic carbocycles. The molecule has 0 saturated carbocycles. The van der Waals surface area contributed by atoms with E-state index in [1.807, 2.05) is 13.0 Å². The summed E-state index contributed by atoms with van der Waals surface area (Å²) in [5, 5.41) is 3.29. The quantitative estimate of drug-likeness (QED) is 0.546. The van der Waals surface area contributed by atoms with Gasteiger partial charge in [0.05, 0.1) is 33.3 Å². The molecule has 1 N–H and O–H groups in total. The van der Waals surface area contributed by atoms with Crippen LogP contribution in [0.3, 0.4) is 0 Å². The fourth-order valence-corrected chi connectivity index (χ4v) is 4.22. The Labute approximate surface area is 178 Å². The number of carbonyl (C=O) groups is 3. The molecule has 0 spiro atoms. The maximum atomic E-state index is 12.9. The Morgan fingerprint density at radius 3 is 2.59 bits per heavy atom. The van der Waals surface area contributed by atoms with Crippen LogP contribution in [0.2, 0.25) is 10.0 Å². The molecule has 0 bridgehead atoms. The second-order valence-electron chi connectivity index (χ2n) is 7.32. The highest BCUT2D eigenvalue weighted by atomic mass is 35.5. The third kappa shape index (κ3) is 3.56. The van der Waals surface area contributed by atoms with Crippen LogP contribution in [-0.2, 0) is 9.59 Å². The van der Waals surface area contributed by atoms with Crippen molar-refractivity contribution in [1.82, 2.24) is 0 Å². The van der Waals surface area contributed by atoms with Gasteiger partial charge in [0, 0.05) is 5.56 Å². The van der Waals surface area contributed by atoms with Gasteiger partial charge >= 0.3 is 0 Å². The number of carbonyl (C=O) groups excluding carboxylic acids is 3. The molecule has 0 aromatic heterocycles. The SMILES string of the molecule is CC1=CC[C@@H]2C(=O)N(c3cccc(C(=O)Nc4cccc(Cl)c4Cl)c3)C(=O)[C@H]2C1. The average molecular weight is 429 g/mol. The van der Waals surface area contributed by atoms with Crippen LogP contribution in [0.5, 0.6) is 0 Å². The largest absolute Gasteiger partial charge is 0.321 e. The van der Waals surface area contributed by atoms with E-state index in [0.717, 1.165) is 5.57 Å². The molecule has 148 valence electrons. The van der Waals surface area contributed by atoms with Crippen molar-refractivity contribution in [3.05, 3.63) is 69.7 Å². The minimum absolute atomic E-state index is 0.206. The van der Waals surface area contributed by atoms with Crippen molar-refractivity contribution < 1.29 is 14.4 Å². The van der Waals surface area contributed by atoms with Crippen LogP contribution in [0.1, 0.15) is 30.1 Å². The number of benzene rings is 2. The third-order valence-electron chi connectivity index (χ3n) is 5.39. The fourth-order valence-electron chi connectivity index (χ4n) is 3.87. The maximum absolute atomic E-state index is 12.9. The molecule has 1 heterocycles. The highest BCUT2D eigenvalue weighted by molar-refractivity contribution is 6.44. The van der Waals surface area contributed by atoms with E-state index in [0.29, 0.717) is 34.8 Å². The van der Waals surface area contributed by atoms with Crippen LogP contribution in [0.4, 0.5) is 11.4 Å². The lowest BCUT2D eigenvalue weighted by Crippen LogP contribution is -2.31. The van der Waals surface area contributed by atoms with Crippen molar-refractivity contribution in [2.24, 2.45) is 11.8 Å². The lowest BCUT2D eigenvalue weighted by Gasteiger charge is -2.18. The molecule has 2 aliphatic rings. The van der Waals surface area contributed by atoms with E-state index in [1.165, 1.54) is 4.90 Å². The van der Waals surface area contributed by atoms with Crippen molar-refractivity contribution in [3.63, 3.8) is 0 Å². The van der Waals surface area contributed by atoms with Crippen LogP contribution in [0, 0.1) is 11.8 Å². The number of fused-ring (bicyclic) bond motifs is 1. The zero-order chi connectivity index (χ0) is 20.7. The van der Waals surface area contributed by atoms with Crippen LogP contribution in [0.25, 0.3) is 0 Å². The van der Waals surface area contributed by atoms with Gasteiger partial charge in [-0.3, -0.25) is 19.3 Å². The van der Waals surface area contributed by atoms with Gasteiger partial charge < -0.3 is 5.32 Å². The van der Waals surface area contributed by atoms with Crippen molar-refractivity contribution in [2.45, 2.75) is 19.8 Å². The number of halogens is 2. The zero-order valence-corrected chi connectivity index (χ0v) is 17.1. The smallest absolute Gasteiger partial charge is 0.255 e. The number of nitrogens with zero attached hydrogens (tertiary/aromatic N) is 1. The first-order chi connectivity index (χ1) is 13.9. The molecule has 1 aliphatic heterocycles. The lowest BCUT2D eigenvalue weighted by molar-refractivity contribution is -0.122. The van der Waals surface area contributed by atoms with Crippen LogP contribution >= 0.6 is 23.2 Å². The molecule has 0 unspecified atom stereocenters. The van der Waals surface area contributed by atoms with E-state index in [2.05, 4.69) is 5.32 Å². The molecular weight excluding hydrogens is 411 g/mol. The monoisotopic (exact) mass is 428 g/mol. The van der Waals surface area contributed by atoms with Crippen molar-refractivity contribution >= 4 is 52.3 Å². The van der Waals surface area contributed by atoms with E-state index < -0.39 is 5.91 Å². The fraction of sp³-hybridized carbons (Fsp3) is 0.227. The first kappa shape index (κ1) is 19.7. The summed E-state index contributed by atoms with van der Waals surface area (Å²) in [4.78, 5) is 39.7. The summed E-state index contributed by atoms with van der Waals surface area (Å²) in [5.74, 6) is -1.48. The summed E-state index contributed by atoms with van der Waals surface area (Å²) < 4.78 is 0. The number of hydrogen-bond acceptors (Lipinski definition) is 3. The number of imide groups is 1. The molecule has 3 amide bonds. The van der Waals surface area contributed by atoms with Gasteiger partial charge in [0.15, 0.2) is 0 Å². The van der Waals surface area contributed by atoms with Gasteiger partial charge in [-0.05, 0) is 50.1 Å². The average Bonchev–Trinajstić information content (AvgIpc) is 2.95. The summed E-state index contributed by atoms with van der Waals surface area (Å²) in [5.41, 5.74) is 2.22. The molecule has 4 rings (SSSR count). The molecule has 29 heavy (non-hydrogen) atoms. The lowest BCUT2D eigenvalue weighted by atomic mass is 9.82. The normalized spacial score (nSPS) is 21.1. The van der Waals surface area contributed by atoms with Gasteiger partial charge in [-0.15, -0.1) is 0 Å². The van der Waals surface area contributed by atoms with Crippen LogP contribution in [0.15, 0.2) is 54.1 Å². The predicted octanol–water partition coefficient (Wildman–Crippen LogP) is 5.09. The number of nitrogens with one attached hydrogen (secondary N) is 1. The highest BCUT2D eigenvalue weighted by Gasteiger charge is 2.48. The second-order valence-corrected chi connectivity index (χ2v) is 8.11. The van der Waals surface area contributed by atoms with E-state index in [9.17, 15) is 14.4 Å². The summed E-state index contributed by atoms with van der Waals surface area (Å²) >= 11 is 12.1. The van der Waals surface area contributed by atoms with Gasteiger partial charge in [-0.1, -0.05) is 47.0 Å². The number of amides is 3. The topological polar surface area (TPSA) is 66.5 Å². The molecule has 7 heteroatoms. The van der Waals surface area contributed by atoms with Gasteiger partial charge in [-0.2, -0.15) is 0 Å². The maximum Gasteiger partial charge on any atom is 0.255 e. The summed E-state index contributed by atoms with van der Waals surface area (Å²) in [7, 11) is 0. The van der Waals surface area contributed by atoms with Gasteiger partial charge in [0.2, 0.25) is 11.8 Å². The molecule has 0 radical (unpaired) electrons. The predicted molar refractivity (Wildman–Crippen MR) is 113 cm³/mol. The molecule has 2 atom stereocenters. The van der Waals surface area contributed by atoms with Gasteiger partial charge in [-0.25, -0.2) is 0 Å². The molecule has 1 saturated heterocycles. The highest BCUT2D eigenvalue weighted by Crippen LogP contribution is 2.40. The zero-order valence-electron chi connectivity index (χ0n) is 15.6. The summed E-state index contributed by atoms with van der Waals surface area (Å²) in [6.45, 7) is 1.97. The Bertz CT molecular complexity index is 1060. The second kappa shape index (κ2) is 7.65. The standard InChI is InChI=1S/C22H18Cl2N2O3/c1-12-8-9-15-16(10-12)22(29)26(21(15)28)14-5-2-4-13(11-14)20(27)25-18-7-3-6-17(23)19(18)24/h2-8,11,15-16H,9-10H2,1H3,(H,25,27)/t15-,16-/m0/s1. The van der Waals surface area contributed by atoms with E-state index in [4.69, 9.17) is 23.2 Å². The van der Waals surface area contributed by atoms with Crippen molar-refractivity contribution in [3.8, 4) is 0 Å². The molecule has 2 aromatic rings. The number of anilines is 2. The Balaban J connectivity index is 1.59. The van der Waals surface area contributed by atoms with E-state index in [-0.39, 0.29) is 28.7 Å².